The Morgan fingerprint density at radius 3 is 2.67 bits per heavy atom. The molecule has 2 aromatic rings. The van der Waals surface area contributed by atoms with E-state index in [0.29, 0.717) is 5.39 Å². The van der Waals surface area contributed by atoms with Crippen LogP contribution in [-0.2, 0) is 6.18 Å². The summed E-state index contributed by atoms with van der Waals surface area (Å²) in [5.74, 6) is 0.862. The van der Waals surface area contributed by atoms with Crippen LogP contribution in [0.4, 0.5) is 13.2 Å². The fourth-order valence-corrected chi connectivity index (χ4v) is 3.70. The van der Waals surface area contributed by atoms with Crippen molar-refractivity contribution in [3.63, 3.8) is 0 Å². The molecule has 0 fully saturated rings. The summed E-state index contributed by atoms with van der Waals surface area (Å²) >= 11 is 8.18. The minimum Gasteiger partial charge on any atom is -0.166 e. The monoisotopic (exact) mass is 306 g/mol. The zero-order valence-electron chi connectivity index (χ0n) is 9.38. The SMILES string of the molecule is CCSC(=S)c1cc2cc(C(F)(F)F)ccc2s1. The Balaban J connectivity index is 2.43. The van der Waals surface area contributed by atoms with Crippen LogP contribution in [-0.4, -0.2) is 9.95 Å². The van der Waals surface area contributed by atoms with Crippen molar-refractivity contribution in [2.75, 3.05) is 5.75 Å². The van der Waals surface area contributed by atoms with Crippen LogP contribution in [0.15, 0.2) is 24.3 Å². The molecule has 18 heavy (non-hydrogen) atoms. The lowest BCUT2D eigenvalue weighted by Gasteiger charge is -2.05. The molecular weight excluding hydrogens is 297 g/mol. The van der Waals surface area contributed by atoms with E-state index in [2.05, 4.69) is 0 Å². The molecule has 0 spiro atoms. The first-order valence-electron chi connectivity index (χ1n) is 5.19. The summed E-state index contributed by atoms with van der Waals surface area (Å²) < 4.78 is 39.3. The van der Waals surface area contributed by atoms with Gasteiger partial charge in [0.2, 0.25) is 0 Å². The zero-order valence-corrected chi connectivity index (χ0v) is 11.8. The molecule has 1 aromatic heterocycles. The zero-order chi connectivity index (χ0) is 13.3. The van der Waals surface area contributed by atoms with Gasteiger partial charge in [-0.3, -0.25) is 0 Å². The van der Waals surface area contributed by atoms with Gasteiger partial charge in [-0.05, 0) is 35.4 Å². The van der Waals surface area contributed by atoms with Crippen molar-refractivity contribution in [1.29, 1.82) is 0 Å². The van der Waals surface area contributed by atoms with Crippen molar-refractivity contribution >= 4 is 49.6 Å². The van der Waals surface area contributed by atoms with Crippen LogP contribution in [0, 0.1) is 0 Å². The van der Waals surface area contributed by atoms with Crippen molar-refractivity contribution < 1.29 is 13.2 Å². The maximum Gasteiger partial charge on any atom is 0.416 e. The van der Waals surface area contributed by atoms with E-state index >= 15 is 0 Å². The quantitative estimate of drug-likeness (QED) is 0.686. The number of thiocarbonyl (C=S) groups is 1. The molecule has 0 aliphatic rings. The molecule has 1 heterocycles. The molecule has 0 radical (unpaired) electrons. The summed E-state index contributed by atoms with van der Waals surface area (Å²) in [6, 6.07) is 5.53. The van der Waals surface area contributed by atoms with E-state index < -0.39 is 11.7 Å². The molecular formula is C12H9F3S3. The van der Waals surface area contributed by atoms with Crippen LogP contribution >= 0.6 is 35.3 Å². The molecule has 0 atom stereocenters. The van der Waals surface area contributed by atoms with Crippen LogP contribution in [0.5, 0.6) is 0 Å². The largest absolute Gasteiger partial charge is 0.416 e. The maximum atomic E-state index is 12.6. The van der Waals surface area contributed by atoms with Gasteiger partial charge in [-0.15, -0.1) is 23.1 Å². The second-order valence-electron chi connectivity index (χ2n) is 3.58. The second kappa shape index (κ2) is 5.19. The predicted molar refractivity (Wildman–Crippen MR) is 76.7 cm³/mol. The minimum atomic E-state index is -4.30. The molecule has 1 aromatic carbocycles. The molecule has 0 aliphatic carbocycles. The van der Waals surface area contributed by atoms with E-state index in [1.54, 1.807) is 6.07 Å². The Morgan fingerprint density at radius 2 is 2.06 bits per heavy atom. The van der Waals surface area contributed by atoms with E-state index in [-0.39, 0.29) is 0 Å². The van der Waals surface area contributed by atoms with E-state index in [4.69, 9.17) is 12.2 Å². The van der Waals surface area contributed by atoms with E-state index in [9.17, 15) is 13.2 Å². The molecule has 0 unspecified atom stereocenters. The smallest absolute Gasteiger partial charge is 0.166 e. The third kappa shape index (κ3) is 2.87. The highest BCUT2D eigenvalue weighted by atomic mass is 32.2. The van der Waals surface area contributed by atoms with Gasteiger partial charge in [0.05, 0.1) is 14.6 Å². The number of hydrogen-bond acceptors (Lipinski definition) is 3. The van der Waals surface area contributed by atoms with Gasteiger partial charge in [0.1, 0.15) is 0 Å². The van der Waals surface area contributed by atoms with Crippen LogP contribution in [0.25, 0.3) is 10.1 Å². The van der Waals surface area contributed by atoms with Crippen molar-refractivity contribution in [2.45, 2.75) is 13.1 Å². The van der Waals surface area contributed by atoms with E-state index in [0.717, 1.165) is 25.6 Å². The van der Waals surface area contributed by atoms with Gasteiger partial charge in [0.25, 0.3) is 0 Å². The third-order valence-electron chi connectivity index (χ3n) is 2.32. The van der Waals surface area contributed by atoms with Crippen molar-refractivity contribution in [1.82, 2.24) is 0 Å². The lowest BCUT2D eigenvalue weighted by atomic mass is 10.1. The Labute approximate surface area is 116 Å². The number of fused-ring (bicyclic) bond motifs is 1. The van der Waals surface area contributed by atoms with Gasteiger partial charge < -0.3 is 0 Å². The number of rotatable bonds is 2. The minimum absolute atomic E-state index is 0.601. The average molecular weight is 306 g/mol. The fourth-order valence-electron chi connectivity index (χ4n) is 1.52. The van der Waals surface area contributed by atoms with Gasteiger partial charge in [0.15, 0.2) is 0 Å². The predicted octanol–water partition coefficient (Wildman–Crippen LogP) is 5.35. The fraction of sp³-hybridized carbons (Fsp3) is 0.250. The summed E-state index contributed by atoms with van der Waals surface area (Å²) in [5.41, 5.74) is -0.617. The number of benzene rings is 1. The second-order valence-corrected chi connectivity index (χ2v) is 6.61. The summed E-state index contributed by atoms with van der Waals surface area (Å²) in [4.78, 5) is 0.867. The average Bonchev–Trinajstić information content (AvgIpc) is 2.70. The summed E-state index contributed by atoms with van der Waals surface area (Å²) in [7, 11) is 0. The van der Waals surface area contributed by atoms with Crippen molar-refractivity contribution in [2.24, 2.45) is 0 Å². The maximum absolute atomic E-state index is 12.6. The molecule has 0 bridgehead atoms. The third-order valence-corrected chi connectivity index (χ3v) is 5.06. The number of hydrogen-bond donors (Lipinski definition) is 0. The van der Waals surface area contributed by atoms with Gasteiger partial charge in [-0.25, -0.2) is 0 Å². The first kappa shape index (κ1) is 13.8. The first-order chi connectivity index (χ1) is 8.41. The van der Waals surface area contributed by atoms with Gasteiger partial charge in [0, 0.05) is 4.70 Å². The lowest BCUT2D eigenvalue weighted by Crippen LogP contribution is -2.03. The first-order valence-corrected chi connectivity index (χ1v) is 7.40. The number of alkyl halides is 3. The van der Waals surface area contributed by atoms with Crippen molar-refractivity contribution in [3.8, 4) is 0 Å². The Kier molecular flexibility index (Phi) is 3.99. The topological polar surface area (TPSA) is 0 Å². The molecule has 0 saturated heterocycles. The molecule has 0 aliphatic heterocycles. The van der Waals surface area contributed by atoms with Gasteiger partial charge in [-0.2, -0.15) is 13.2 Å². The van der Waals surface area contributed by atoms with E-state index in [1.807, 2.05) is 6.92 Å². The molecule has 0 nitrogen and oxygen atoms in total. The van der Waals surface area contributed by atoms with Gasteiger partial charge in [-0.1, -0.05) is 19.1 Å². The number of thiophene rings is 1. The molecule has 0 saturated carbocycles. The molecule has 0 amide bonds. The number of thioether (sulfide) groups is 1. The Hall–Kier alpha value is -0.590. The van der Waals surface area contributed by atoms with Crippen LogP contribution in [0.3, 0.4) is 0 Å². The van der Waals surface area contributed by atoms with Crippen LogP contribution in [0.2, 0.25) is 0 Å². The van der Waals surface area contributed by atoms with E-state index in [1.165, 1.54) is 35.2 Å². The van der Waals surface area contributed by atoms with Gasteiger partial charge >= 0.3 is 6.18 Å². The highest BCUT2D eigenvalue weighted by molar-refractivity contribution is 8.23. The lowest BCUT2D eigenvalue weighted by molar-refractivity contribution is -0.137. The molecule has 2 rings (SSSR count). The molecule has 96 valence electrons. The van der Waals surface area contributed by atoms with Crippen molar-refractivity contribution in [3.05, 3.63) is 34.7 Å². The normalized spacial score (nSPS) is 12.0. The Bertz CT molecular complexity index is 584. The molecule has 6 heteroatoms. The number of halogens is 3. The van der Waals surface area contributed by atoms with Crippen LogP contribution < -0.4 is 0 Å². The summed E-state index contributed by atoms with van der Waals surface area (Å²) in [6.45, 7) is 1.99. The van der Waals surface area contributed by atoms with Crippen LogP contribution in [0.1, 0.15) is 17.4 Å². The standard InChI is InChI=1S/C12H9F3S3/c1-2-17-11(16)10-6-7-5-8(12(13,14)15)3-4-9(7)18-10/h3-6H,2H2,1H3. The Morgan fingerprint density at radius 1 is 1.33 bits per heavy atom. The summed E-state index contributed by atoms with van der Waals surface area (Å²) in [6.07, 6.45) is -4.30. The summed E-state index contributed by atoms with van der Waals surface area (Å²) in [5, 5.41) is 0.601. The molecule has 0 N–H and O–H groups in total. The highest BCUT2D eigenvalue weighted by Gasteiger charge is 2.30. The highest BCUT2D eigenvalue weighted by Crippen LogP contribution is 2.35.